The first-order chi connectivity index (χ1) is 22.7. The van der Waals surface area contributed by atoms with Gasteiger partial charge in [-0.3, -0.25) is 0 Å². The number of nitrogens with one attached hydrogen (secondary N) is 1. The van der Waals surface area contributed by atoms with Crippen molar-refractivity contribution in [1.29, 1.82) is 0 Å². The molecule has 4 atom stereocenters. The van der Waals surface area contributed by atoms with Crippen molar-refractivity contribution in [3.63, 3.8) is 0 Å². The molecule has 46 heavy (non-hydrogen) atoms. The zero-order valence-electron chi connectivity index (χ0n) is 25.6. The van der Waals surface area contributed by atoms with E-state index in [1.54, 1.807) is 10.7 Å². The molecule has 5 aromatic rings. The van der Waals surface area contributed by atoms with Gasteiger partial charge in [-0.2, -0.15) is 4.98 Å². The van der Waals surface area contributed by atoms with E-state index < -0.39 is 24.4 Å². The van der Waals surface area contributed by atoms with Gasteiger partial charge in [-0.1, -0.05) is 104 Å². The fourth-order valence-corrected chi connectivity index (χ4v) is 6.47. The van der Waals surface area contributed by atoms with Gasteiger partial charge in [0.2, 0.25) is 5.28 Å². The topological polar surface area (TPSA) is 92.0 Å². The summed E-state index contributed by atoms with van der Waals surface area (Å²) < 4.78 is 28.1. The fraction of sp³-hybridized carbons (Fsp3) is 0.361. The van der Waals surface area contributed by atoms with E-state index in [2.05, 4.69) is 27.5 Å². The molecule has 9 nitrogen and oxygen atoms in total. The van der Waals surface area contributed by atoms with Crippen molar-refractivity contribution in [2.24, 2.45) is 0 Å². The molecule has 1 aliphatic heterocycles. The van der Waals surface area contributed by atoms with E-state index in [4.69, 9.17) is 35.5 Å². The summed E-state index contributed by atoms with van der Waals surface area (Å²) in [6.45, 7) is 1.56. The van der Waals surface area contributed by atoms with Gasteiger partial charge < -0.3 is 24.3 Å². The maximum absolute atomic E-state index is 6.81. The Kier molecular flexibility index (Phi) is 9.84. The molecule has 1 aliphatic carbocycles. The number of benzene rings is 3. The second kappa shape index (κ2) is 14.7. The normalized spacial score (nSPS) is 21.7. The predicted molar refractivity (Wildman–Crippen MR) is 175 cm³/mol. The van der Waals surface area contributed by atoms with Gasteiger partial charge in [0.05, 0.1) is 38.3 Å². The van der Waals surface area contributed by atoms with E-state index in [-0.39, 0.29) is 5.28 Å². The van der Waals surface area contributed by atoms with Gasteiger partial charge >= 0.3 is 0 Å². The lowest BCUT2D eigenvalue weighted by atomic mass is 10.0. The molecular formula is C36H38ClN5O4. The first-order valence-corrected chi connectivity index (χ1v) is 16.3. The van der Waals surface area contributed by atoms with Gasteiger partial charge in [0, 0.05) is 6.04 Å². The van der Waals surface area contributed by atoms with E-state index in [1.807, 2.05) is 78.9 Å². The summed E-state index contributed by atoms with van der Waals surface area (Å²) in [6, 6.07) is 30.7. The Morgan fingerprint density at radius 2 is 1.37 bits per heavy atom. The molecule has 0 radical (unpaired) electrons. The Balaban J connectivity index is 1.20. The Morgan fingerprint density at radius 3 is 2.00 bits per heavy atom. The van der Waals surface area contributed by atoms with Crippen LogP contribution in [0.15, 0.2) is 97.2 Å². The smallest absolute Gasteiger partial charge is 0.243 e. The third kappa shape index (κ3) is 7.24. The van der Waals surface area contributed by atoms with Crippen LogP contribution in [0.25, 0.3) is 5.65 Å². The lowest BCUT2D eigenvalue weighted by Gasteiger charge is -2.25. The number of nitrogens with zero attached hydrogens (tertiary/aromatic N) is 4. The monoisotopic (exact) mass is 639 g/mol. The van der Waals surface area contributed by atoms with E-state index in [1.165, 1.54) is 12.8 Å². The summed E-state index contributed by atoms with van der Waals surface area (Å²) in [6.07, 6.45) is 4.44. The third-order valence-electron chi connectivity index (χ3n) is 8.62. The maximum atomic E-state index is 6.81. The second-order valence-electron chi connectivity index (χ2n) is 11.9. The highest BCUT2D eigenvalue weighted by atomic mass is 35.5. The zero-order valence-corrected chi connectivity index (χ0v) is 26.3. The number of halogens is 1. The summed E-state index contributed by atoms with van der Waals surface area (Å²) in [5, 5.41) is 8.26. The number of ether oxygens (including phenoxy) is 4. The minimum absolute atomic E-state index is 0.131. The van der Waals surface area contributed by atoms with Crippen molar-refractivity contribution < 1.29 is 18.9 Å². The number of aromatic nitrogens is 4. The van der Waals surface area contributed by atoms with Crippen molar-refractivity contribution in [3.8, 4) is 0 Å². The highest BCUT2D eigenvalue weighted by Crippen LogP contribution is 2.39. The molecular weight excluding hydrogens is 602 g/mol. The van der Waals surface area contributed by atoms with Crippen LogP contribution in [0, 0.1) is 0 Å². The standard InChI is InChI=1S/C36H38ClN5O4/c37-36-40-34(39-28-18-10-11-19-28)35-38-20-29(42(35)41-36)31-33(45-23-27-16-8-3-9-17-27)32(44-22-26-14-6-2-7-15-26)30(46-31)24-43-21-25-12-4-1-5-13-25/h1-9,12-17,20,28,30-33H,10-11,18-19,21-24H2,(H,39,40,41)/t30-,31+,32-,33+/m1/s1. The molecule has 3 aromatic carbocycles. The summed E-state index contributed by atoms with van der Waals surface area (Å²) >= 11 is 6.50. The predicted octanol–water partition coefficient (Wildman–Crippen LogP) is 6.96. The minimum Gasteiger partial charge on any atom is -0.374 e. The summed E-state index contributed by atoms with van der Waals surface area (Å²) in [4.78, 5) is 9.26. The molecule has 0 amide bonds. The van der Waals surface area contributed by atoms with Crippen molar-refractivity contribution in [2.45, 2.75) is 76.0 Å². The van der Waals surface area contributed by atoms with E-state index in [0.717, 1.165) is 29.5 Å². The lowest BCUT2D eigenvalue weighted by molar-refractivity contribution is -0.0898. The number of anilines is 1. The molecule has 2 fully saturated rings. The third-order valence-corrected chi connectivity index (χ3v) is 8.78. The molecule has 1 saturated carbocycles. The van der Waals surface area contributed by atoms with Crippen LogP contribution in [0.4, 0.5) is 5.82 Å². The number of rotatable bonds is 13. The molecule has 238 valence electrons. The summed E-state index contributed by atoms with van der Waals surface area (Å²) in [5.74, 6) is 0.623. The van der Waals surface area contributed by atoms with Gasteiger partial charge in [-0.25, -0.2) is 9.50 Å². The van der Waals surface area contributed by atoms with Crippen LogP contribution in [-0.2, 0) is 38.8 Å². The minimum atomic E-state index is -0.560. The first-order valence-electron chi connectivity index (χ1n) is 16.0. The highest BCUT2D eigenvalue weighted by molar-refractivity contribution is 6.28. The molecule has 2 aliphatic rings. The Bertz CT molecular complexity index is 1680. The van der Waals surface area contributed by atoms with Crippen LogP contribution in [0.2, 0.25) is 5.28 Å². The Morgan fingerprint density at radius 1 is 0.783 bits per heavy atom. The van der Waals surface area contributed by atoms with Gasteiger partial charge in [-0.05, 0) is 41.1 Å². The van der Waals surface area contributed by atoms with Gasteiger partial charge in [-0.15, -0.1) is 5.10 Å². The van der Waals surface area contributed by atoms with Gasteiger partial charge in [0.15, 0.2) is 11.5 Å². The molecule has 0 spiro atoms. The Labute approximate surface area is 273 Å². The summed E-state index contributed by atoms with van der Waals surface area (Å²) in [7, 11) is 0. The molecule has 1 N–H and O–H groups in total. The number of hydrogen-bond donors (Lipinski definition) is 1. The molecule has 10 heteroatoms. The fourth-order valence-electron chi connectivity index (χ4n) is 6.31. The number of imidazole rings is 1. The molecule has 0 bridgehead atoms. The molecule has 3 heterocycles. The average Bonchev–Trinajstić information content (AvgIpc) is 3.84. The maximum Gasteiger partial charge on any atom is 0.243 e. The average molecular weight is 640 g/mol. The van der Waals surface area contributed by atoms with Crippen LogP contribution >= 0.6 is 11.6 Å². The van der Waals surface area contributed by atoms with Crippen molar-refractivity contribution in [1.82, 2.24) is 19.6 Å². The van der Waals surface area contributed by atoms with E-state index in [9.17, 15) is 0 Å². The quantitative estimate of drug-likeness (QED) is 0.148. The molecule has 1 saturated heterocycles. The van der Waals surface area contributed by atoms with Crippen LogP contribution in [0.1, 0.15) is 54.2 Å². The summed E-state index contributed by atoms with van der Waals surface area (Å²) in [5.41, 5.74) is 4.52. The van der Waals surface area contributed by atoms with Crippen molar-refractivity contribution in [2.75, 3.05) is 11.9 Å². The van der Waals surface area contributed by atoms with Crippen LogP contribution < -0.4 is 5.32 Å². The SMILES string of the molecule is Clc1nc(NC2CCCC2)c2ncc([C@@H]3O[C@H](COCc4ccccc4)[C@@H](OCc4ccccc4)[C@H]3OCc3ccccc3)n2n1. The van der Waals surface area contributed by atoms with E-state index >= 15 is 0 Å². The van der Waals surface area contributed by atoms with Crippen LogP contribution in [-0.4, -0.2) is 50.5 Å². The largest absolute Gasteiger partial charge is 0.374 e. The Hall–Kier alpha value is -3.86. The number of hydrogen-bond acceptors (Lipinski definition) is 8. The molecule has 2 aromatic heterocycles. The highest BCUT2D eigenvalue weighted by Gasteiger charge is 2.48. The van der Waals surface area contributed by atoms with E-state index in [0.29, 0.717) is 49.6 Å². The van der Waals surface area contributed by atoms with Gasteiger partial charge in [0.25, 0.3) is 0 Å². The van der Waals surface area contributed by atoms with Gasteiger partial charge in [0.1, 0.15) is 24.4 Å². The molecule has 7 rings (SSSR count). The van der Waals surface area contributed by atoms with Crippen LogP contribution in [0.3, 0.4) is 0 Å². The van der Waals surface area contributed by atoms with Crippen molar-refractivity contribution >= 4 is 23.1 Å². The first kappa shape index (κ1) is 30.8. The number of fused-ring (bicyclic) bond motifs is 1. The van der Waals surface area contributed by atoms with Crippen LogP contribution in [0.5, 0.6) is 0 Å². The zero-order chi connectivity index (χ0) is 31.1. The lowest BCUT2D eigenvalue weighted by Crippen LogP contribution is -2.38. The molecule has 0 unspecified atom stereocenters. The van der Waals surface area contributed by atoms with Crippen molar-refractivity contribution in [3.05, 3.63) is 125 Å². The second-order valence-corrected chi connectivity index (χ2v) is 12.2.